The minimum absolute atomic E-state index is 0. The summed E-state index contributed by atoms with van der Waals surface area (Å²) in [5.74, 6) is -0.703. The molecule has 0 heterocycles. The van der Waals surface area contributed by atoms with Crippen molar-refractivity contribution in [3.8, 4) is 0 Å². The summed E-state index contributed by atoms with van der Waals surface area (Å²) in [6, 6.07) is 0. The number of nitrogens with one attached hydrogen (secondary N) is 2. The van der Waals surface area contributed by atoms with Gasteiger partial charge in [-0.1, -0.05) is 0 Å². The fraction of sp³-hybridized carbons (Fsp3) is 0.125. The van der Waals surface area contributed by atoms with Gasteiger partial charge in [-0.15, -0.1) is 0 Å². The minimum Gasteiger partial charge on any atom is -0.389 e. The molecule has 0 unspecified atom stereocenters. The van der Waals surface area contributed by atoms with Crippen LogP contribution >= 0.6 is 0 Å². The topological polar surface area (TPSA) is 144 Å². The molecule has 0 fully saturated rings. The monoisotopic (exact) mass is 422 g/mol. The Kier molecular flexibility index (Phi) is 8.15. The van der Waals surface area contributed by atoms with Crippen LogP contribution in [0, 0.1) is 20.2 Å². The number of ketones is 2. The molecule has 0 spiro atoms. The zero-order valence-corrected chi connectivity index (χ0v) is 17.1. The summed E-state index contributed by atoms with van der Waals surface area (Å²) < 4.78 is 0. The number of hydrogen-bond donors (Lipinski definition) is 2. The van der Waals surface area contributed by atoms with E-state index in [1.54, 1.807) is 0 Å². The van der Waals surface area contributed by atoms with Gasteiger partial charge >= 0.3 is 0 Å². The van der Waals surface area contributed by atoms with Crippen LogP contribution in [0.4, 0.5) is 0 Å². The SMILES string of the molecule is O=C1C=CC([N+](=O)[O-])=CC1=CNCCNC=C1C=C([N+](=O)[O-])C=CC1=O.[Zn]. The Morgan fingerprint density at radius 3 is 1.48 bits per heavy atom. The van der Waals surface area contributed by atoms with Crippen molar-refractivity contribution >= 4 is 11.6 Å². The van der Waals surface area contributed by atoms with Gasteiger partial charge in [0.25, 0.3) is 11.4 Å². The summed E-state index contributed by atoms with van der Waals surface area (Å²) in [7, 11) is 0. The van der Waals surface area contributed by atoms with Crippen molar-refractivity contribution in [3.63, 3.8) is 0 Å². The maximum absolute atomic E-state index is 11.6. The molecule has 11 heteroatoms. The van der Waals surface area contributed by atoms with Crippen molar-refractivity contribution in [1.82, 2.24) is 10.6 Å². The van der Waals surface area contributed by atoms with Crippen LogP contribution in [0.15, 0.2) is 71.4 Å². The predicted molar refractivity (Wildman–Crippen MR) is 90.6 cm³/mol. The smallest absolute Gasteiger partial charge is 0.270 e. The fourth-order valence-corrected chi connectivity index (χ4v) is 2.03. The second kappa shape index (κ2) is 10.1. The maximum Gasteiger partial charge on any atom is 0.270 e. The van der Waals surface area contributed by atoms with E-state index in [-0.39, 0.29) is 53.6 Å². The Bertz CT molecular complexity index is 781. The van der Waals surface area contributed by atoms with Gasteiger partial charge in [-0.25, -0.2) is 0 Å². The molecule has 2 aliphatic rings. The van der Waals surface area contributed by atoms with Crippen molar-refractivity contribution in [1.29, 1.82) is 0 Å². The van der Waals surface area contributed by atoms with Crippen molar-refractivity contribution in [2.75, 3.05) is 13.1 Å². The molecule has 0 aromatic rings. The Morgan fingerprint density at radius 1 is 0.778 bits per heavy atom. The van der Waals surface area contributed by atoms with Crippen LogP contribution in [-0.2, 0) is 29.1 Å². The molecule has 0 aliphatic heterocycles. The van der Waals surface area contributed by atoms with E-state index >= 15 is 0 Å². The Balaban J connectivity index is 0.00000364. The number of carbonyl (C=O) groups is 2. The van der Waals surface area contributed by atoms with Crippen molar-refractivity contribution in [2.24, 2.45) is 0 Å². The molecular weight excluding hydrogens is 410 g/mol. The van der Waals surface area contributed by atoms with Crippen LogP contribution in [0.25, 0.3) is 0 Å². The fourth-order valence-electron chi connectivity index (χ4n) is 2.03. The molecule has 27 heavy (non-hydrogen) atoms. The molecular formula is C16H14N4O6Zn. The third kappa shape index (κ3) is 6.23. The van der Waals surface area contributed by atoms with Gasteiger partial charge in [0.1, 0.15) is 0 Å². The standard InChI is InChI=1S/C16H14N4O6.Zn/c21-15-3-1-13(19(23)24)7-11(15)9-17-5-6-18-10-12-8-14(20(25)26)2-4-16(12)22;/h1-4,7-10,17-18H,5-6H2;. The van der Waals surface area contributed by atoms with E-state index in [2.05, 4.69) is 10.6 Å². The summed E-state index contributed by atoms with van der Waals surface area (Å²) >= 11 is 0. The number of rotatable bonds is 7. The van der Waals surface area contributed by atoms with E-state index in [9.17, 15) is 29.8 Å². The molecule has 10 nitrogen and oxygen atoms in total. The van der Waals surface area contributed by atoms with Crippen LogP contribution in [-0.4, -0.2) is 34.5 Å². The molecule has 0 bridgehead atoms. The Morgan fingerprint density at radius 2 is 1.15 bits per heavy atom. The predicted octanol–water partition coefficient (Wildman–Crippen LogP) is 0.530. The molecule has 0 saturated carbocycles. The molecule has 2 N–H and O–H groups in total. The van der Waals surface area contributed by atoms with Gasteiger partial charge in [-0.3, -0.25) is 29.8 Å². The zero-order valence-electron chi connectivity index (χ0n) is 14.1. The number of nitrogens with zero attached hydrogens (tertiary/aromatic N) is 2. The molecule has 0 radical (unpaired) electrons. The quantitative estimate of drug-likeness (QED) is 0.198. The van der Waals surface area contributed by atoms with Crippen LogP contribution in [0.1, 0.15) is 0 Å². The molecule has 2 aliphatic carbocycles. The number of allylic oxidation sites excluding steroid dienone is 8. The van der Waals surface area contributed by atoms with Crippen molar-refractivity contribution in [2.45, 2.75) is 0 Å². The van der Waals surface area contributed by atoms with Crippen molar-refractivity contribution < 1.29 is 38.9 Å². The average molecular weight is 424 g/mol. The maximum atomic E-state index is 11.6. The molecule has 0 aromatic carbocycles. The second-order valence-corrected chi connectivity index (χ2v) is 5.16. The van der Waals surface area contributed by atoms with E-state index in [4.69, 9.17) is 0 Å². The average Bonchev–Trinajstić information content (AvgIpc) is 2.60. The summed E-state index contributed by atoms with van der Waals surface area (Å²) in [6.07, 6.45) is 9.58. The molecule has 0 amide bonds. The van der Waals surface area contributed by atoms with E-state index in [0.717, 1.165) is 24.3 Å². The van der Waals surface area contributed by atoms with Crippen LogP contribution in [0.5, 0.6) is 0 Å². The second-order valence-electron chi connectivity index (χ2n) is 5.16. The first-order valence-corrected chi connectivity index (χ1v) is 7.42. The molecule has 0 aromatic heterocycles. The van der Waals surface area contributed by atoms with Crippen LogP contribution < -0.4 is 10.6 Å². The molecule has 2 rings (SSSR count). The van der Waals surface area contributed by atoms with Gasteiger partial charge in [0, 0.05) is 80.4 Å². The normalized spacial score (nSPS) is 18.7. The van der Waals surface area contributed by atoms with E-state index in [1.807, 2.05) is 0 Å². The summed E-state index contributed by atoms with van der Waals surface area (Å²) in [4.78, 5) is 43.4. The van der Waals surface area contributed by atoms with E-state index in [0.29, 0.717) is 13.1 Å². The number of carbonyl (C=O) groups excluding carboxylic acids is 2. The first-order valence-electron chi connectivity index (χ1n) is 7.42. The number of hydrogen-bond acceptors (Lipinski definition) is 8. The van der Waals surface area contributed by atoms with E-state index in [1.165, 1.54) is 24.6 Å². The van der Waals surface area contributed by atoms with E-state index < -0.39 is 9.85 Å². The molecule has 136 valence electrons. The first-order chi connectivity index (χ1) is 12.4. The molecule has 0 saturated heterocycles. The summed E-state index contributed by atoms with van der Waals surface area (Å²) in [5, 5.41) is 27.0. The van der Waals surface area contributed by atoms with Crippen LogP contribution in [0.3, 0.4) is 0 Å². The van der Waals surface area contributed by atoms with Gasteiger partial charge in [-0.05, 0) is 12.2 Å². The number of nitro groups is 2. The van der Waals surface area contributed by atoms with Gasteiger partial charge in [0.05, 0.1) is 9.85 Å². The van der Waals surface area contributed by atoms with Gasteiger partial charge in [-0.2, -0.15) is 0 Å². The zero-order chi connectivity index (χ0) is 19.1. The van der Waals surface area contributed by atoms with Gasteiger partial charge in [0.15, 0.2) is 11.6 Å². The largest absolute Gasteiger partial charge is 0.389 e. The minimum atomic E-state index is -0.590. The third-order valence-corrected chi connectivity index (χ3v) is 3.34. The Labute approximate surface area is 166 Å². The van der Waals surface area contributed by atoms with Gasteiger partial charge < -0.3 is 10.6 Å². The summed E-state index contributed by atoms with van der Waals surface area (Å²) in [5.41, 5.74) is -0.0528. The third-order valence-electron chi connectivity index (χ3n) is 3.34. The summed E-state index contributed by atoms with van der Waals surface area (Å²) in [6.45, 7) is 0.698. The molecule has 0 atom stereocenters. The first kappa shape index (κ1) is 21.8. The van der Waals surface area contributed by atoms with Crippen molar-refractivity contribution in [3.05, 3.63) is 91.6 Å². The van der Waals surface area contributed by atoms with Crippen LogP contribution in [0.2, 0.25) is 0 Å². The van der Waals surface area contributed by atoms with Gasteiger partial charge in [0.2, 0.25) is 0 Å². The Hall–Kier alpha value is -3.20.